The van der Waals surface area contributed by atoms with E-state index in [-0.39, 0.29) is 78.9 Å². The summed E-state index contributed by atoms with van der Waals surface area (Å²) in [5.41, 5.74) is 9.28. The largest absolute Gasteiger partial charge is 0.489 e. The van der Waals surface area contributed by atoms with Gasteiger partial charge in [-0.3, -0.25) is 4.90 Å². The fourth-order valence-electron chi connectivity index (χ4n) is 6.14. The van der Waals surface area contributed by atoms with Gasteiger partial charge in [0.2, 0.25) is 0 Å². The molecule has 2 aliphatic rings. The van der Waals surface area contributed by atoms with Crippen molar-refractivity contribution in [3.8, 4) is 23.0 Å². The first kappa shape index (κ1) is 31.7. The number of likely N-dealkylation sites (N-methyl/N-ethyl adjacent to an activating group) is 1. The standard InChI is InChI=1S/C30H30ClF5N8O2/c1-13-9-18(37)40-24(21(13)30(34,35)36)19-22(31)26-20-25(23(19)33)41-29(46-12-16-10-15(32)11-43(16)3)42-28(20)44(7-8-45-26)14(2)17-5-4-6-39-27(17)38/h4-6,9,14-16H,7-8,10-12H2,1-3H3,(H2,37,40)(H2,38,39)/t14-,15-,16+/m1/s1. The summed E-state index contributed by atoms with van der Waals surface area (Å²) in [6.07, 6.45) is -4.21. The molecular weight excluding hydrogens is 635 g/mol. The smallest absolute Gasteiger partial charge is 0.418 e. The summed E-state index contributed by atoms with van der Waals surface area (Å²) in [6.45, 7) is 3.40. The Morgan fingerprint density at radius 2 is 1.98 bits per heavy atom. The lowest BCUT2D eigenvalue weighted by Crippen LogP contribution is -2.32. The molecule has 3 aromatic heterocycles. The Bertz CT molecular complexity index is 1830. The van der Waals surface area contributed by atoms with E-state index in [2.05, 4.69) is 19.9 Å². The van der Waals surface area contributed by atoms with Crippen LogP contribution in [0, 0.1) is 12.7 Å². The van der Waals surface area contributed by atoms with Crippen LogP contribution in [0.15, 0.2) is 24.4 Å². The molecular formula is C30H30ClF5N8O2. The zero-order valence-electron chi connectivity index (χ0n) is 25.0. The van der Waals surface area contributed by atoms with Gasteiger partial charge in [0.05, 0.1) is 39.8 Å². The van der Waals surface area contributed by atoms with E-state index in [1.54, 1.807) is 35.2 Å². The lowest BCUT2D eigenvalue weighted by Gasteiger charge is -2.30. The van der Waals surface area contributed by atoms with Crippen LogP contribution < -0.4 is 25.8 Å². The second-order valence-electron chi connectivity index (χ2n) is 11.4. The van der Waals surface area contributed by atoms with Crippen molar-refractivity contribution in [2.75, 3.05) is 49.7 Å². The van der Waals surface area contributed by atoms with Gasteiger partial charge in [0.15, 0.2) is 11.6 Å². The van der Waals surface area contributed by atoms with Gasteiger partial charge in [-0.25, -0.2) is 18.7 Å². The first-order valence-electron chi connectivity index (χ1n) is 14.4. The topological polar surface area (TPSA) is 129 Å². The quantitative estimate of drug-likeness (QED) is 0.246. The Morgan fingerprint density at radius 1 is 1.22 bits per heavy atom. The third-order valence-corrected chi connectivity index (χ3v) is 8.74. The number of benzene rings is 1. The van der Waals surface area contributed by atoms with Crippen LogP contribution in [0.5, 0.6) is 11.8 Å². The number of hydrogen-bond acceptors (Lipinski definition) is 10. The monoisotopic (exact) mass is 664 g/mol. The Morgan fingerprint density at radius 3 is 2.65 bits per heavy atom. The molecule has 0 bridgehead atoms. The number of aryl methyl sites for hydroxylation is 1. The molecule has 3 atom stereocenters. The number of nitrogens with zero attached hydrogens (tertiary/aromatic N) is 6. The molecule has 6 rings (SSSR count). The number of rotatable bonds is 6. The van der Waals surface area contributed by atoms with Gasteiger partial charge in [-0.05, 0) is 45.0 Å². The normalized spacial score (nSPS) is 19.3. The number of ether oxygens (including phenoxy) is 2. The van der Waals surface area contributed by atoms with Crippen LogP contribution in [0.3, 0.4) is 0 Å². The Balaban J connectivity index is 1.60. The van der Waals surface area contributed by atoms with Crippen molar-refractivity contribution in [3.05, 3.63) is 51.9 Å². The first-order chi connectivity index (χ1) is 21.8. The summed E-state index contributed by atoms with van der Waals surface area (Å²) in [6, 6.07) is 3.47. The maximum Gasteiger partial charge on any atom is 0.418 e. The van der Waals surface area contributed by atoms with Crippen LogP contribution in [0.25, 0.3) is 22.2 Å². The van der Waals surface area contributed by atoms with Crippen molar-refractivity contribution in [3.63, 3.8) is 0 Å². The summed E-state index contributed by atoms with van der Waals surface area (Å²) < 4.78 is 85.9. The number of hydrogen-bond donors (Lipinski definition) is 2. The molecule has 0 amide bonds. The van der Waals surface area contributed by atoms with E-state index in [0.717, 1.165) is 6.07 Å². The maximum atomic E-state index is 16.8. The van der Waals surface area contributed by atoms with Gasteiger partial charge in [0.1, 0.15) is 42.4 Å². The highest BCUT2D eigenvalue weighted by atomic mass is 35.5. The summed E-state index contributed by atoms with van der Waals surface area (Å²) in [5.74, 6) is -1.20. The average molecular weight is 665 g/mol. The minimum atomic E-state index is -4.93. The molecule has 1 fully saturated rings. The molecule has 0 spiro atoms. The van der Waals surface area contributed by atoms with Gasteiger partial charge in [0.25, 0.3) is 0 Å². The van der Waals surface area contributed by atoms with E-state index < -0.39 is 51.6 Å². The fourth-order valence-corrected chi connectivity index (χ4v) is 6.47. The predicted octanol–water partition coefficient (Wildman–Crippen LogP) is 5.75. The molecule has 0 unspecified atom stereocenters. The molecule has 46 heavy (non-hydrogen) atoms. The van der Waals surface area contributed by atoms with Crippen molar-refractivity contribution >= 4 is 40.0 Å². The van der Waals surface area contributed by atoms with Crippen molar-refractivity contribution < 1.29 is 31.4 Å². The summed E-state index contributed by atoms with van der Waals surface area (Å²) in [5, 5.41) is -0.440. The van der Waals surface area contributed by atoms with Crippen molar-refractivity contribution in [2.45, 2.75) is 44.7 Å². The molecule has 1 aromatic carbocycles. The third-order valence-electron chi connectivity index (χ3n) is 8.38. The molecule has 0 saturated carbocycles. The van der Waals surface area contributed by atoms with Crippen LogP contribution in [0.2, 0.25) is 5.02 Å². The Hall–Kier alpha value is -4.24. The van der Waals surface area contributed by atoms with Gasteiger partial charge < -0.3 is 25.8 Å². The third kappa shape index (κ3) is 5.55. The lowest BCUT2D eigenvalue weighted by atomic mass is 9.98. The summed E-state index contributed by atoms with van der Waals surface area (Å²) in [4.78, 5) is 20.6. The van der Waals surface area contributed by atoms with Crippen molar-refractivity contribution in [2.24, 2.45) is 0 Å². The number of likely N-dealkylation sites (tertiary alicyclic amines) is 1. The molecule has 244 valence electrons. The van der Waals surface area contributed by atoms with Gasteiger partial charge in [-0.1, -0.05) is 17.7 Å². The lowest BCUT2D eigenvalue weighted by molar-refractivity contribution is -0.137. The number of pyridine rings is 2. The highest BCUT2D eigenvalue weighted by Gasteiger charge is 2.40. The van der Waals surface area contributed by atoms with Gasteiger partial charge >= 0.3 is 12.2 Å². The minimum absolute atomic E-state index is 0.0152. The number of nitrogen functional groups attached to an aromatic ring is 2. The zero-order valence-corrected chi connectivity index (χ0v) is 25.8. The Kier molecular flexibility index (Phi) is 8.17. The van der Waals surface area contributed by atoms with Crippen LogP contribution in [-0.2, 0) is 6.18 Å². The molecule has 0 aliphatic carbocycles. The zero-order chi connectivity index (χ0) is 33.1. The van der Waals surface area contributed by atoms with Crippen LogP contribution >= 0.6 is 11.6 Å². The second-order valence-corrected chi connectivity index (χ2v) is 11.8. The highest BCUT2D eigenvalue weighted by molar-refractivity contribution is 6.36. The molecule has 0 radical (unpaired) electrons. The predicted molar refractivity (Wildman–Crippen MR) is 163 cm³/mol. The van der Waals surface area contributed by atoms with Crippen LogP contribution in [0.4, 0.5) is 39.4 Å². The average Bonchev–Trinajstić information content (AvgIpc) is 3.18. The molecule has 1 saturated heterocycles. The van der Waals surface area contributed by atoms with Crippen LogP contribution in [-0.4, -0.2) is 70.4 Å². The van der Waals surface area contributed by atoms with E-state index in [4.69, 9.17) is 32.5 Å². The fraction of sp³-hybridized carbons (Fsp3) is 0.400. The van der Waals surface area contributed by atoms with E-state index in [9.17, 15) is 17.6 Å². The molecule has 4 aromatic rings. The van der Waals surface area contributed by atoms with Gasteiger partial charge in [-0.2, -0.15) is 23.1 Å². The number of anilines is 3. The number of nitrogens with two attached hydrogens (primary N) is 2. The summed E-state index contributed by atoms with van der Waals surface area (Å²) >= 11 is 6.73. The molecule has 2 aliphatic heterocycles. The highest BCUT2D eigenvalue weighted by Crippen LogP contribution is 2.51. The molecule has 5 heterocycles. The van der Waals surface area contributed by atoms with E-state index >= 15 is 4.39 Å². The summed E-state index contributed by atoms with van der Waals surface area (Å²) in [7, 11) is 1.75. The van der Waals surface area contributed by atoms with E-state index in [1.807, 2.05) is 6.92 Å². The van der Waals surface area contributed by atoms with E-state index in [1.165, 1.54) is 6.92 Å². The number of alkyl halides is 4. The van der Waals surface area contributed by atoms with Gasteiger partial charge in [0, 0.05) is 24.3 Å². The van der Waals surface area contributed by atoms with E-state index in [0.29, 0.717) is 5.56 Å². The molecule has 4 N–H and O–H groups in total. The minimum Gasteiger partial charge on any atom is -0.489 e. The van der Waals surface area contributed by atoms with Crippen LogP contribution in [0.1, 0.15) is 36.1 Å². The SMILES string of the molecule is Cc1cc(N)nc(-c2c(Cl)c3c4c(nc(OC[C@@H]5C[C@@H](F)CN5C)nc4c2F)N([C@H](C)c2cccnc2N)CCO3)c1C(F)(F)F. The van der Waals surface area contributed by atoms with Gasteiger partial charge in [-0.15, -0.1) is 0 Å². The van der Waals surface area contributed by atoms with Crippen molar-refractivity contribution in [1.82, 2.24) is 24.8 Å². The maximum absolute atomic E-state index is 16.8. The second kappa shape index (κ2) is 11.8. The molecule has 16 heteroatoms. The first-order valence-corrected chi connectivity index (χ1v) is 14.8. The number of aromatic nitrogens is 4. The Labute approximate surface area is 265 Å². The molecule has 10 nitrogen and oxygen atoms in total. The van der Waals surface area contributed by atoms with Crippen molar-refractivity contribution in [1.29, 1.82) is 0 Å². The number of halogens is 6.